The maximum Gasteiger partial charge on any atom is 0.307 e. The number of aromatic nitrogens is 4. The van der Waals surface area contributed by atoms with Gasteiger partial charge in [-0.1, -0.05) is 24.9 Å². The highest BCUT2D eigenvalue weighted by Gasteiger charge is 2.18. The Kier molecular flexibility index (Phi) is 5.17. The summed E-state index contributed by atoms with van der Waals surface area (Å²) in [4.78, 5) is 15.2. The highest BCUT2D eigenvalue weighted by Crippen LogP contribution is 2.23. The van der Waals surface area contributed by atoms with E-state index in [1.165, 1.54) is 0 Å². The predicted molar refractivity (Wildman–Crippen MR) is 107 cm³/mol. The number of imidazole rings is 1. The van der Waals surface area contributed by atoms with Crippen molar-refractivity contribution in [1.82, 2.24) is 15.0 Å². The summed E-state index contributed by atoms with van der Waals surface area (Å²) in [6.07, 6.45) is 2.81. The summed E-state index contributed by atoms with van der Waals surface area (Å²) in [6, 6.07) is 7.14. The van der Waals surface area contributed by atoms with Crippen molar-refractivity contribution in [2.75, 3.05) is 21.6 Å². The van der Waals surface area contributed by atoms with E-state index in [4.69, 9.17) is 0 Å². The highest BCUT2D eigenvalue weighted by molar-refractivity contribution is 7.92. The van der Waals surface area contributed by atoms with Gasteiger partial charge in [-0.2, -0.15) is 4.98 Å². The molecule has 0 amide bonds. The second-order valence-electron chi connectivity index (χ2n) is 6.81. The molecule has 5 N–H and O–H groups in total. The fraction of sp³-hybridized carbons (Fsp3) is 0.353. The van der Waals surface area contributed by atoms with E-state index in [9.17, 15) is 8.42 Å². The number of aromatic amines is 2. The van der Waals surface area contributed by atoms with Crippen molar-refractivity contribution < 1.29 is 13.4 Å². The summed E-state index contributed by atoms with van der Waals surface area (Å²) >= 11 is 0. The molecule has 1 aromatic carbocycles. The second kappa shape index (κ2) is 7.39. The smallest absolute Gasteiger partial charge is 0.307 e. The molecule has 3 rings (SSSR count). The Morgan fingerprint density at radius 2 is 1.89 bits per heavy atom. The van der Waals surface area contributed by atoms with Gasteiger partial charge in [0.05, 0.1) is 11.9 Å². The molecule has 0 fully saturated rings. The minimum absolute atomic E-state index is 0.224. The third-order valence-corrected chi connectivity index (χ3v) is 4.73. The summed E-state index contributed by atoms with van der Waals surface area (Å²) in [5, 5.41) is 6.53. The van der Waals surface area contributed by atoms with Gasteiger partial charge in [0.2, 0.25) is 15.5 Å². The first kappa shape index (κ1) is 18.9. The number of H-pyrrole nitrogens is 2. The Bertz CT molecular complexity index is 1050. The monoisotopic (exact) mass is 390 g/mol. The number of fused-ring (bicyclic) bond motifs is 1. The molecule has 10 heteroatoms. The molecular formula is C17H24N7O2S+. The maximum atomic E-state index is 11.4. The van der Waals surface area contributed by atoms with Crippen LogP contribution in [0.2, 0.25) is 0 Å². The van der Waals surface area contributed by atoms with Crippen LogP contribution in [-0.2, 0) is 10.0 Å². The second-order valence-corrected chi connectivity index (χ2v) is 8.56. The summed E-state index contributed by atoms with van der Waals surface area (Å²) in [5.41, 5.74) is 2.59. The standard InChI is InChI=1S/C17H23N7O2S/c1-10(2)11(3)20-16-14-15(19-9-18-14)22-17(23-16)21-12-6-5-7-13(8-12)24-27(4,25)26/h5-11,24H,1-4H3,(H3,18,19,20,21,22,23)/p+1/t11-/m0/s1. The number of rotatable bonds is 7. The largest absolute Gasteiger partial charge is 0.364 e. The van der Waals surface area contributed by atoms with Crippen LogP contribution in [0.15, 0.2) is 30.6 Å². The van der Waals surface area contributed by atoms with Gasteiger partial charge in [0.15, 0.2) is 12.1 Å². The van der Waals surface area contributed by atoms with E-state index in [2.05, 4.69) is 56.1 Å². The van der Waals surface area contributed by atoms with Gasteiger partial charge in [0, 0.05) is 11.7 Å². The van der Waals surface area contributed by atoms with Crippen LogP contribution in [0.5, 0.6) is 0 Å². The number of nitrogens with one attached hydrogen (secondary N) is 5. The van der Waals surface area contributed by atoms with Gasteiger partial charge in [-0.25, -0.2) is 13.4 Å². The van der Waals surface area contributed by atoms with Crippen molar-refractivity contribution in [2.45, 2.75) is 26.8 Å². The third kappa shape index (κ3) is 4.85. The molecule has 144 valence electrons. The van der Waals surface area contributed by atoms with Crippen molar-refractivity contribution in [3.63, 3.8) is 0 Å². The molecule has 0 bridgehead atoms. The molecule has 0 aliphatic carbocycles. The van der Waals surface area contributed by atoms with Crippen molar-refractivity contribution in [2.24, 2.45) is 5.92 Å². The Morgan fingerprint density at radius 1 is 1.15 bits per heavy atom. The van der Waals surface area contributed by atoms with Crippen molar-refractivity contribution in [1.29, 1.82) is 0 Å². The molecule has 2 heterocycles. The normalized spacial score (nSPS) is 12.9. The Labute approximate surface area is 158 Å². The van der Waals surface area contributed by atoms with E-state index in [0.717, 1.165) is 11.8 Å². The zero-order chi connectivity index (χ0) is 19.6. The molecule has 27 heavy (non-hydrogen) atoms. The van der Waals surface area contributed by atoms with Crippen molar-refractivity contribution in [3.05, 3.63) is 30.6 Å². The van der Waals surface area contributed by atoms with Gasteiger partial charge in [-0.3, -0.25) is 9.71 Å². The molecule has 2 aromatic heterocycles. The van der Waals surface area contributed by atoms with Crippen LogP contribution in [-0.4, -0.2) is 35.7 Å². The summed E-state index contributed by atoms with van der Waals surface area (Å²) in [6.45, 7) is 6.37. The van der Waals surface area contributed by atoms with E-state index in [1.807, 2.05) is 6.07 Å². The minimum Gasteiger partial charge on any atom is -0.364 e. The molecule has 0 radical (unpaired) electrons. The first-order valence-corrected chi connectivity index (χ1v) is 10.5. The van der Waals surface area contributed by atoms with E-state index in [0.29, 0.717) is 34.7 Å². The minimum atomic E-state index is -3.34. The SMILES string of the molecule is CC(C)[C@H](C)Nc1nc(Nc2cccc(NS(C)(=O)=O)c2)nc2[nH+]c[nH]c12. The van der Waals surface area contributed by atoms with Gasteiger partial charge in [0.1, 0.15) is 0 Å². The number of hydrogen-bond donors (Lipinski definition) is 4. The zero-order valence-corrected chi connectivity index (χ0v) is 16.5. The van der Waals surface area contributed by atoms with E-state index < -0.39 is 10.0 Å². The van der Waals surface area contributed by atoms with Crippen LogP contribution in [0.4, 0.5) is 23.1 Å². The Balaban J connectivity index is 1.90. The molecule has 0 aliphatic rings. The Morgan fingerprint density at radius 3 is 2.59 bits per heavy atom. The molecule has 0 saturated heterocycles. The van der Waals surface area contributed by atoms with Gasteiger partial charge in [-0.15, -0.1) is 0 Å². The van der Waals surface area contributed by atoms with Crippen molar-refractivity contribution in [3.8, 4) is 0 Å². The van der Waals surface area contributed by atoms with E-state index in [-0.39, 0.29) is 6.04 Å². The average molecular weight is 390 g/mol. The number of nitrogens with zero attached hydrogens (tertiary/aromatic N) is 2. The molecule has 9 nitrogen and oxygen atoms in total. The number of benzene rings is 1. The Hall–Kier alpha value is -2.88. The van der Waals surface area contributed by atoms with Crippen LogP contribution in [0.1, 0.15) is 20.8 Å². The molecule has 0 saturated carbocycles. The van der Waals surface area contributed by atoms with Crippen molar-refractivity contribution >= 4 is 44.3 Å². The van der Waals surface area contributed by atoms with Crippen LogP contribution in [0.25, 0.3) is 11.2 Å². The molecule has 1 atom stereocenters. The average Bonchev–Trinajstić information content (AvgIpc) is 3.02. The summed E-state index contributed by atoms with van der Waals surface area (Å²) in [7, 11) is -3.34. The quantitative estimate of drug-likeness (QED) is 0.491. The van der Waals surface area contributed by atoms with Gasteiger partial charge in [-0.05, 0) is 31.0 Å². The fourth-order valence-corrected chi connectivity index (χ4v) is 2.98. The van der Waals surface area contributed by atoms with Gasteiger partial charge in [0.25, 0.3) is 0 Å². The van der Waals surface area contributed by atoms with Gasteiger partial charge < -0.3 is 10.6 Å². The molecule has 0 spiro atoms. The first-order valence-electron chi connectivity index (χ1n) is 8.59. The number of sulfonamides is 1. The molecule has 3 aromatic rings. The first-order chi connectivity index (χ1) is 12.7. The molecule has 0 aliphatic heterocycles. The highest BCUT2D eigenvalue weighted by atomic mass is 32.2. The number of anilines is 4. The van der Waals surface area contributed by atoms with E-state index >= 15 is 0 Å². The molecule has 0 unspecified atom stereocenters. The predicted octanol–water partition coefficient (Wildman–Crippen LogP) is 2.34. The van der Waals surface area contributed by atoms with Gasteiger partial charge >= 0.3 is 11.6 Å². The lowest BCUT2D eigenvalue weighted by Gasteiger charge is -2.17. The lowest BCUT2D eigenvalue weighted by Crippen LogP contribution is -2.22. The van der Waals surface area contributed by atoms with Crippen LogP contribution in [0.3, 0.4) is 0 Å². The summed E-state index contributed by atoms with van der Waals surface area (Å²) in [5.74, 6) is 1.52. The fourth-order valence-electron chi connectivity index (χ4n) is 2.42. The van der Waals surface area contributed by atoms with E-state index in [1.54, 1.807) is 24.5 Å². The lowest BCUT2D eigenvalue weighted by molar-refractivity contribution is -0.347. The van der Waals surface area contributed by atoms with Crippen LogP contribution < -0.4 is 20.3 Å². The topological polar surface area (TPSA) is 126 Å². The zero-order valence-electron chi connectivity index (χ0n) is 15.7. The van der Waals surface area contributed by atoms with Crippen LogP contribution >= 0.6 is 0 Å². The third-order valence-electron chi connectivity index (χ3n) is 4.12. The molecular weight excluding hydrogens is 366 g/mol. The lowest BCUT2D eigenvalue weighted by atomic mass is 10.1. The van der Waals surface area contributed by atoms with Crippen LogP contribution in [0, 0.1) is 5.92 Å². The number of hydrogen-bond acceptors (Lipinski definition) is 6. The maximum absolute atomic E-state index is 11.4. The summed E-state index contributed by atoms with van der Waals surface area (Å²) < 4.78 is 25.3.